The van der Waals surface area contributed by atoms with Crippen LogP contribution in [0.5, 0.6) is 5.75 Å². The minimum Gasteiger partial charge on any atom is -0.505 e. The minimum atomic E-state index is -0.763. The fourth-order valence-corrected chi connectivity index (χ4v) is 4.98. The van der Waals surface area contributed by atoms with Crippen molar-refractivity contribution in [3.8, 4) is 5.75 Å². The highest BCUT2D eigenvalue weighted by Crippen LogP contribution is 2.35. The molecule has 2 aromatic carbocycles. The number of anilines is 1. The maximum Gasteiger partial charge on any atom is 0.254 e. The van der Waals surface area contributed by atoms with E-state index in [0.29, 0.717) is 13.1 Å². The molecule has 2 aliphatic heterocycles. The second-order valence-electron chi connectivity index (χ2n) is 7.06. The Bertz CT molecular complexity index is 821. The van der Waals surface area contributed by atoms with Gasteiger partial charge in [0.15, 0.2) is 11.6 Å². The zero-order chi connectivity index (χ0) is 18.8. The highest BCUT2D eigenvalue weighted by atomic mass is 32.2. The first-order valence-electron chi connectivity index (χ1n) is 9.36. The number of carbonyl (C=O) groups is 1. The van der Waals surface area contributed by atoms with Gasteiger partial charge < -0.3 is 14.9 Å². The van der Waals surface area contributed by atoms with Crippen LogP contribution in [0.25, 0.3) is 0 Å². The molecule has 2 saturated heterocycles. The zero-order valence-corrected chi connectivity index (χ0v) is 15.9. The summed E-state index contributed by atoms with van der Waals surface area (Å²) in [6.07, 6.45) is 2.52. The van der Waals surface area contributed by atoms with Crippen molar-refractivity contribution in [2.45, 2.75) is 18.1 Å². The summed E-state index contributed by atoms with van der Waals surface area (Å²) in [6.45, 7) is 3.51. The molecular weight excluding hydrogens is 363 g/mol. The quantitative estimate of drug-likeness (QED) is 0.864. The van der Waals surface area contributed by atoms with Crippen LogP contribution in [0.2, 0.25) is 0 Å². The number of hydrogen-bond acceptors (Lipinski definition) is 4. The van der Waals surface area contributed by atoms with Crippen molar-refractivity contribution < 1.29 is 14.3 Å². The Kier molecular flexibility index (Phi) is 5.25. The third-order valence-corrected chi connectivity index (χ3v) is 6.53. The Balaban J connectivity index is 1.45. The number of halogens is 1. The summed E-state index contributed by atoms with van der Waals surface area (Å²) in [4.78, 5) is 16.9. The van der Waals surface area contributed by atoms with E-state index in [9.17, 15) is 14.3 Å². The van der Waals surface area contributed by atoms with E-state index in [2.05, 4.69) is 29.2 Å². The molecule has 0 radical (unpaired) electrons. The van der Waals surface area contributed by atoms with Gasteiger partial charge in [-0.1, -0.05) is 12.1 Å². The smallest absolute Gasteiger partial charge is 0.254 e. The summed E-state index contributed by atoms with van der Waals surface area (Å²) in [5.41, 5.74) is 2.77. The van der Waals surface area contributed by atoms with Crippen LogP contribution >= 0.6 is 11.8 Å². The van der Waals surface area contributed by atoms with Gasteiger partial charge in [0.1, 0.15) is 0 Å². The van der Waals surface area contributed by atoms with Crippen LogP contribution in [-0.4, -0.2) is 47.8 Å². The van der Waals surface area contributed by atoms with Crippen molar-refractivity contribution in [3.63, 3.8) is 0 Å². The van der Waals surface area contributed by atoms with E-state index in [1.54, 1.807) is 4.90 Å². The Hall–Kier alpha value is -2.21. The maximum atomic E-state index is 13.6. The molecule has 0 aromatic heterocycles. The van der Waals surface area contributed by atoms with Crippen molar-refractivity contribution in [2.24, 2.45) is 0 Å². The average Bonchev–Trinajstić information content (AvgIpc) is 3.25. The SMILES string of the molecule is O=C(c1ccc(O)c(F)c1)N1CCSC(c2ccc(N3CCCC3)cc2)C1. The molecule has 2 aromatic rings. The number of carbonyl (C=O) groups excluding carboxylic acids is 1. The lowest BCUT2D eigenvalue weighted by Gasteiger charge is -2.33. The van der Waals surface area contributed by atoms with Crippen LogP contribution in [0.1, 0.15) is 34.0 Å². The fourth-order valence-electron chi connectivity index (χ4n) is 3.73. The molecule has 27 heavy (non-hydrogen) atoms. The van der Waals surface area contributed by atoms with E-state index in [1.165, 1.54) is 36.2 Å². The predicted molar refractivity (Wildman–Crippen MR) is 107 cm³/mol. The molecule has 0 bridgehead atoms. The predicted octanol–water partition coefficient (Wildman–Crippen LogP) is 4.06. The van der Waals surface area contributed by atoms with Gasteiger partial charge in [-0.05, 0) is 48.7 Å². The summed E-state index contributed by atoms with van der Waals surface area (Å²) in [5.74, 6) is -0.531. The number of rotatable bonds is 3. The lowest BCUT2D eigenvalue weighted by atomic mass is 10.1. The van der Waals surface area contributed by atoms with Crippen molar-refractivity contribution in [2.75, 3.05) is 36.8 Å². The lowest BCUT2D eigenvalue weighted by molar-refractivity contribution is 0.0761. The van der Waals surface area contributed by atoms with Crippen LogP contribution in [0.15, 0.2) is 42.5 Å². The molecule has 142 valence electrons. The first-order chi connectivity index (χ1) is 13.1. The molecule has 4 rings (SSSR count). The zero-order valence-electron chi connectivity index (χ0n) is 15.1. The Labute approximate surface area is 163 Å². The summed E-state index contributed by atoms with van der Waals surface area (Å²) in [6, 6.07) is 12.5. The standard InChI is InChI=1S/C21H23FN2O2S/c22-18-13-16(5-8-19(18)25)21(26)24-11-12-27-20(14-24)15-3-6-17(7-4-15)23-9-1-2-10-23/h3-8,13,20,25H,1-2,9-12,14H2. The normalized spacial score (nSPS) is 20.1. The van der Waals surface area contributed by atoms with E-state index >= 15 is 0 Å². The van der Waals surface area contributed by atoms with Crippen LogP contribution in [0.4, 0.5) is 10.1 Å². The van der Waals surface area contributed by atoms with Gasteiger partial charge >= 0.3 is 0 Å². The van der Waals surface area contributed by atoms with E-state index in [-0.39, 0.29) is 16.7 Å². The molecule has 2 heterocycles. The summed E-state index contributed by atoms with van der Waals surface area (Å²) in [7, 11) is 0. The number of phenolic OH excluding ortho intramolecular Hbond substituents is 1. The second-order valence-corrected chi connectivity index (χ2v) is 8.37. The number of aromatic hydroxyl groups is 1. The highest BCUT2D eigenvalue weighted by molar-refractivity contribution is 7.99. The maximum absolute atomic E-state index is 13.6. The van der Waals surface area contributed by atoms with Gasteiger partial charge in [-0.25, -0.2) is 4.39 Å². The molecule has 0 saturated carbocycles. The van der Waals surface area contributed by atoms with E-state index in [0.717, 1.165) is 24.9 Å². The molecule has 4 nitrogen and oxygen atoms in total. The first kappa shape index (κ1) is 18.2. The topological polar surface area (TPSA) is 43.8 Å². The van der Waals surface area contributed by atoms with Gasteiger partial charge in [0.25, 0.3) is 5.91 Å². The van der Waals surface area contributed by atoms with Crippen molar-refractivity contribution in [1.82, 2.24) is 4.90 Å². The molecule has 6 heteroatoms. The third kappa shape index (κ3) is 3.90. The fraction of sp³-hybridized carbons (Fsp3) is 0.381. The molecular formula is C21H23FN2O2S. The Morgan fingerprint density at radius 3 is 2.52 bits per heavy atom. The van der Waals surface area contributed by atoms with Gasteiger partial charge in [-0.3, -0.25) is 4.79 Å². The number of nitrogens with zero attached hydrogens (tertiary/aromatic N) is 2. The number of hydrogen-bond donors (Lipinski definition) is 1. The largest absolute Gasteiger partial charge is 0.505 e. The van der Waals surface area contributed by atoms with Gasteiger partial charge in [-0.15, -0.1) is 0 Å². The molecule has 2 aliphatic rings. The number of amides is 1. The van der Waals surface area contributed by atoms with E-state index < -0.39 is 11.6 Å². The summed E-state index contributed by atoms with van der Waals surface area (Å²) < 4.78 is 13.6. The van der Waals surface area contributed by atoms with E-state index in [1.807, 2.05) is 11.8 Å². The van der Waals surface area contributed by atoms with Gasteiger partial charge in [0, 0.05) is 48.4 Å². The average molecular weight is 386 g/mol. The van der Waals surface area contributed by atoms with Crippen LogP contribution in [0, 0.1) is 5.82 Å². The molecule has 1 N–H and O–H groups in total. The monoisotopic (exact) mass is 386 g/mol. The van der Waals surface area contributed by atoms with Gasteiger partial charge in [0.05, 0.1) is 0 Å². The van der Waals surface area contributed by atoms with Gasteiger partial charge in [-0.2, -0.15) is 11.8 Å². The molecule has 1 amide bonds. The molecule has 0 spiro atoms. The third-order valence-electron chi connectivity index (χ3n) is 5.28. The molecule has 1 unspecified atom stereocenters. The Morgan fingerprint density at radius 1 is 1.07 bits per heavy atom. The van der Waals surface area contributed by atoms with Crippen LogP contribution < -0.4 is 4.90 Å². The van der Waals surface area contributed by atoms with Crippen molar-refractivity contribution in [3.05, 3.63) is 59.4 Å². The van der Waals surface area contributed by atoms with Crippen LogP contribution in [0.3, 0.4) is 0 Å². The molecule has 0 aliphatic carbocycles. The van der Waals surface area contributed by atoms with Crippen molar-refractivity contribution in [1.29, 1.82) is 0 Å². The second kappa shape index (κ2) is 7.80. The molecule has 1 atom stereocenters. The van der Waals surface area contributed by atoms with Crippen LogP contribution in [-0.2, 0) is 0 Å². The first-order valence-corrected chi connectivity index (χ1v) is 10.4. The van der Waals surface area contributed by atoms with E-state index in [4.69, 9.17) is 0 Å². The molecule has 2 fully saturated rings. The number of thioether (sulfide) groups is 1. The number of phenols is 1. The van der Waals surface area contributed by atoms with Crippen molar-refractivity contribution >= 4 is 23.4 Å². The summed E-state index contributed by atoms with van der Waals surface area (Å²) in [5, 5.41) is 9.54. The minimum absolute atomic E-state index is 0.187. The lowest BCUT2D eigenvalue weighted by Crippen LogP contribution is -2.39. The Morgan fingerprint density at radius 2 is 1.81 bits per heavy atom. The highest BCUT2D eigenvalue weighted by Gasteiger charge is 2.26. The summed E-state index contributed by atoms with van der Waals surface area (Å²) >= 11 is 1.85. The van der Waals surface area contributed by atoms with Gasteiger partial charge in [0.2, 0.25) is 0 Å². The number of benzene rings is 2.